The maximum atomic E-state index is 12.4. The van der Waals surface area contributed by atoms with Gasteiger partial charge in [-0.15, -0.1) is 0 Å². The standard InChI is InChI=1S/C22H17NO5/c1-2-13-9-16-15(10-21(25)28-20(16)11-19(13)24)12-27-22(26)18-8-7-14-5-3-4-6-17(14)23-18/h3-11,24H,2,12H2,1H3. The fourth-order valence-electron chi connectivity index (χ4n) is 3.11. The molecular weight excluding hydrogens is 358 g/mol. The first kappa shape index (κ1) is 17.7. The molecule has 0 amide bonds. The number of carbonyl (C=O) groups excluding carboxylic acids is 1. The Balaban J connectivity index is 1.64. The number of phenolic OH excluding ortho intramolecular Hbond substituents is 1. The number of para-hydroxylation sites is 1. The zero-order chi connectivity index (χ0) is 19.7. The highest BCUT2D eigenvalue weighted by molar-refractivity contribution is 5.91. The second kappa shape index (κ2) is 7.15. The van der Waals surface area contributed by atoms with Crippen LogP contribution in [0, 0.1) is 0 Å². The quantitative estimate of drug-likeness (QED) is 0.429. The van der Waals surface area contributed by atoms with Crippen molar-refractivity contribution in [2.45, 2.75) is 20.0 Å². The summed E-state index contributed by atoms with van der Waals surface area (Å²) in [4.78, 5) is 28.6. The Morgan fingerprint density at radius 2 is 1.93 bits per heavy atom. The number of phenols is 1. The number of benzene rings is 2. The van der Waals surface area contributed by atoms with Gasteiger partial charge in [-0.05, 0) is 30.2 Å². The molecule has 1 N–H and O–H groups in total. The number of carbonyl (C=O) groups is 1. The number of ether oxygens (including phenoxy) is 1. The molecule has 0 aliphatic rings. The van der Waals surface area contributed by atoms with E-state index in [0.29, 0.717) is 28.5 Å². The summed E-state index contributed by atoms with van der Waals surface area (Å²) in [6.07, 6.45) is 0.612. The number of nitrogens with zero attached hydrogens (tertiary/aromatic N) is 1. The number of aromatic nitrogens is 1. The summed E-state index contributed by atoms with van der Waals surface area (Å²) in [7, 11) is 0. The van der Waals surface area contributed by atoms with Crippen LogP contribution in [0.1, 0.15) is 28.5 Å². The van der Waals surface area contributed by atoms with Crippen molar-refractivity contribution >= 4 is 27.8 Å². The first-order chi connectivity index (χ1) is 13.5. The molecule has 0 saturated heterocycles. The molecule has 2 aromatic carbocycles. The van der Waals surface area contributed by atoms with Crippen LogP contribution < -0.4 is 5.63 Å². The molecule has 6 heteroatoms. The second-order valence-corrected chi connectivity index (χ2v) is 6.39. The van der Waals surface area contributed by atoms with Gasteiger partial charge >= 0.3 is 11.6 Å². The summed E-state index contributed by atoms with van der Waals surface area (Å²) < 4.78 is 10.5. The van der Waals surface area contributed by atoms with Gasteiger partial charge in [0.25, 0.3) is 0 Å². The van der Waals surface area contributed by atoms with Crippen LogP contribution in [0.15, 0.2) is 63.8 Å². The van der Waals surface area contributed by atoms with Crippen LogP contribution in [-0.2, 0) is 17.8 Å². The minimum atomic E-state index is -0.582. The monoisotopic (exact) mass is 375 g/mol. The third-order valence-electron chi connectivity index (χ3n) is 4.58. The number of pyridine rings is 1. The molecule has 2 heterocycles. The van der Waals surface area contributed by atoms with Gasteiger partial charge in [-0.2, -0.15) is 0 Å². The summed E-state index contributed by atoms with van der Waals surface area (Å²) in [5.74, 6) is -0.519. The Morgan fingerprint density at radius 3 is 2.75 bits per heavy atom. The molecule has 6 nitrogen and oxygen atoms in total. The van der Waals surface area contributed by atoms with Crippen molar-refractivity contribution < 1.29 is 19.1 Å². The van der Waals surface area contributed by atoms with E-state index in [-0.39, 0.29) is 23.6 Å². The van der Waals surface area contributed by atoms with Gasteiger partial charge in [0, 0.05) is 28.5 Å². The zero-order valence-corrected chi connectivity index (χ0v) is 15.1. The van der Waals surface area contributed by atoms with Crippen LogP contribution in [0.25, 0.3) is 21.9 Å². The Hall–Kier alpha value is -3.67. The van der Waals surface area contributed by atoms with Gasteiger partial charge in [-0.1, -0.05) is 31.2 Å². The van der Waals surface area contributed by atoms with E-state index < -0.39 is 11.6 Å². The molecule has 0 aliphatic carbocycles. The topological polar surface area (TPSA) is 89.6 Å². The third-order valence-corrected chi connectivity index (χ3v) is 4.58. The lowest BCUT2D eigenvalue weighted by molar-refractivity contribution is 0.0467. The molecule has 2 aromatic heterocycles. The highest BCUT2D eigenvalue weighted by Crippen LogP contribution is 2.27. The Labute approximate surface area is 160 Å². The van der Waals surface area contributed by atoms with Gasteiger partial charge in [-0.25, -0.2) is 14.6 Å². The summed E-state index contributed by atoms with van der Waals surface area (Å²) in [6, 6.07) is 15.3. The number of hydrogen-bond acceptors (Lipinski definition) is 6. The molecule has 0 bridgehead atoms. The first-order valence-corrected chi connectivity index (χ1v) is 8.86. The smallest absolute Gasteiger partial charge is 0.357 e. The van der Waals surface area contributed by atoms with Crippen molar-refractivity contribution in [1.29, 1.82) is 0 Å². The normalized spacial score (nSPS) is 11.0. The van der Waals surface area contributed by atoms with E-state index in [1.807, 2.05) is 37.3 Å². The first-order valence-electron chi connectivity index (χ1n) is 8.86. The summed E-state index contributed by atoms with van der Waals surface area (Å²) in [5, 5.41) is 11.5. The molecular formula is C22H17NO5. The van der Waals surface area contributed by atoms with Gasteiger partial charge in [0.15, 0.2) is 0 Å². The average Bonchev–Trinajstić information content (AvgIpc) is 2.70. The van der Waals surface area contributed by atoms with Gasteiger partial charge < -0.3 is 14.3 Å². The SMILES string of the molecule is CCc1cc2c(COC(=O)c3ccc4ccccc4n3)cc(=O)oc2cc1O. The van der Waals surface area contributed by atoms with Crippen molar-refractivity contribution in [2.75, 3.05) is 0 Å². The third kappa shape index (κ3) is 3.32. The van der Waals surface area contributed by atoms with E-state index in [4.69, 9.17) is 9.15 Å². The number of aryl methyl sites for hydroxylation is 1. The van der Waals surface area contributed by atoms with Crippen molar-refractivity contribution in [1.82, 2.24) is 4.98 Å². The van der Waals surface area contributed by atoms with Crippen LogP contribution in [0.2, 0.25) is 0 Å². The van der Waals surface area contributed by atoms with Gasteiger partial charge in [0.2, 0.25) is 0 Å². The highest BCUT2D eigenvalue weighted by atomic mass is 16.5. The lowest BCUT2D eigenvalue weighted by Gasteiger charge is -2.09. The van der Waals surface area contributed by atoms with Crippen LogP contribution >= 0.6 is 0 Å². The summed E-state index contributed by atoms with van der Waals surface area (Å²) in [5.41, 5.74) is 1.78. The predicted molar refractivity (Wildman–Crippen MR) is 104 cm³/mol. The van der Waals surface area contributed by atoms with Crippen LogP contribution in [0.5, 0.6) is 5.75 Å². The van der Waals surface area contributed by atoms with Crippen molar-refractivity contribution in [3.05, 3.63) is 81.8 Å². The number of rotatable bonds is 4. The fraction of sp³-hybridized carbons (Fsp3) is 0.136. The molecule has 0 spiro atoms. The molecule has 4 aromatic rings. The van der Waals surface area contributed by atoms with E-state index >= 15 is 0 Å². The Kier molecular flexibility index (Phi) is 4.53. The molecule has 0 radical (unpaired) electrons. The Morgan fingerprint density at radius 1 is 1.11 bits per heavy atom. The maximum Gasteiger partial charge on any atom is 0.357 e. The average molecular weight is 375 g/mol. The highest BCUT2D eigenvalue weighted by Gasteiger charge is 2.14. The van der Waals surface area contributed by atoms with Gasteiger partial charge in [-0.3, -0.25) is 0 Å². The largest absolute Gasteiger partial charge is 0.508 e. The van der Waals surface area contributed by atoms with Crippen molar-refractivity contribution in [2.24, 2.45) is 0 Å². The molecule has 0 atom stereocenters. The lowest BCUT2D eigenvalue weighted by Crippen LogP contribution is -2.09. The predicted octanol–water partition coefficient (Wildman–Crippen LogP) is 3.97. The number of aromatic hydroxyl groups is 1. The molecule has 0 aliphatic heterocycles. The van der Waals surface area contributed by atoms with E-state index in [1.54, 1.807) is 12.1 Å². The summed E-state index contributed by atoms with van der Waals surface area (Å²) in [6.45, 7) is 1.80. The van der Waals surface area contributed by atoms with E-state index in [9.17, 15) is 14.7 Å². The van der Waals surface area contributed by atoms with Gasteiger partial charge in [0.1, 0.15) is 23.6 Å². The maximum absolute atomic E-state index is 12.4. The van der Waals surface area contributed by atoms with E-state index in [2.05, 4.69) is 4.98 Å². The molecule has 28 heavy (non-hydrogen) atoms. The molecule has 0 fully saturated rings. The fourth-order valence-corrected chi connectivity index (χ4v) is 3.11. The number of fused-ring (bicyclic) bond motifs is 2. The molecule has 0 unspecified atom stereocenters. The second-order valence-electron chi connectivity index (χ2n) is 6.39. The van der Waals surface area contributed by atoms with E-state index in [0.717, 1.165) is 5.39 Å². The van der Waals surface area contributed by atoms with E-state index in [1.165, 1.54) is 12.1 Å². The van der Waals surface area contributed by atoms with Crippen LogP contribution in [0.3, 0.4) is 0 Å². The molecule has 0 saturated carbocycles. The van der Waals surface area contributed by atoms with Crippen molar-refractivity contribution in [3.63, 3.8) is 0 Å². The minimum Gasteiger partial charge on any atom is -0.508 e. The Bertz CT molecular complexity index is 1260. The number of esters is 1. The molecule has 140 valence electrons. The lowest BCUT2D eigenvalue weighted by atomic mass is 10.0. The minimum absolute atomic E-state index is 0.0626. The number of hydrogen-bond donors (Lipinski definition) is 1. The molecule has 4 rings (SSSR count). The van der Waals surface area contributed by atoms with Crippen molar-refractivity contribution in [3.8, 4) is 5.75 Å². The van der Waals surface area contributed by atoms with Gasteiger partial charge in [0.05, 0.1) is 5.52 Å². The van der Waals surface area contributed by atoms with Crippen LogP contribution in [0.4, 0.5) is 0 Å². The van der Waals surface area contributed by atoms with Crippen LogP contribution in [-0.4, -0.2) is 16.1 Å². The zero-order valence-electron chi connectivity index (χ0n) is 15.1. The summed E-state index contributed by atoms with van der Waals surface area (Å²) >= 11 is 0.